The third kappa shape index (κ3) is 4.34. The first-order valence-electron chi connectivity index (χ1n) is 5.38. The molecule has 0 saturated carbocycles. The third-order valence-electron chi connectivity index (χ3n) is 2.24. The molecule has 0 aliphatic heterocycles. The van der Waals surface area contributed by atoms with Gasteiger partial charge in [0.05, 0.1) is 13.0 Å². The van der Waals surface area contributed by atoms with Crippen LogP contribution >= 0.6 is 0 Å². The first-order chi connectivity index (χ1) is 8.52. The van der Waals surface area contributed by atoms with Crippen molar-refractivity contribution in [3.05, 3.63) is 29.8 Å². The summed E-state index contributed by atoms with van der Waals surface area (Å²) in [4.78, 5) is 32.9. The molecule has 1 rings (SSSR count). The summed E-state index contributed by atoms with van der Waals surface area (Å²) in [7, 11) is 0. The summed E-state index contributed by atoms with van der Waals surface area (Å²) in [6.07, 6.45) is -0.297. The van der Waals surface area contributed by atoms with Crippen molar-refractivity contribution in [1.29, 1.82) is 0 Å². The zero-order valence-electron chi connectivity index (χ0n) is 9.68. The molecule has 18 heavy (non-hydrogen) atoms. The molecule has 0 unspecified atom stereocenters. The van der Waals surface area contributed by atoms with E-state index in [1.807, 2.05) is 0 Å². The van der Waals surface area contributed by atoms with E-state index in [0.717, 1.165) is 0 Å². The van der Waals surface area contributed by atoms with Gasteiger partial charge in [0.1, 0.15) is 0 Å². The number of carboxylic acid groups (broad SMARTS) is 1. The van der Waals surface area contributed by atoms with Crippen molar-refractivity contribution in [1.82, 2.24) is 0 Å². The van der Waals surface area contributed by atoms with E-state index >= 15 is 0 Å². The molecular weight excluding hydrogens is 236 g/mol. The molecule has 4 N–H and O–H groups in total. The molecule has 0 aliphatic rings. The average molecular weight is 250 g/mol. The molecule has 6 heteroatoms. The first kappa shape index (κ1) is 13.9. The van der Waals surface area contributed by atoms with Crippen molar-refractivity contribution >= 4 is 23.3 Å². The van der Waals surface area contributed by atoms with Crippen LogP contribution in [0.25, 0.3) is 0 Å². The van der Waals surface area contributed by atoms with Gasteiger partial charge in [-0.15, -0.1) is 0 Å². The number of carboxylic acids is 1. The quantitative estimate of drug-likeness (QED) is 0.641. The standard InChI is InChI=1S/C12H14N2O4/c13-7-10(15)8-1-3-9(4-2-8)14-11(16)5-6-12(17)18/h1-4H,5-7,13H2,(H,14,16)(H,17,18). The molecule has 6 nitrogen and oxygen atoms in total. The van der Waals surface area contributed by atoms with E-state index in [2.05, 4.69) is 5.32 Å². The topological polar surface area (TPSA) is 109 Å². The number of hydrogen-bond donors (Lipinski definition) is 3. The Kier molecular flexibility index (Phi) is 5.01. The van der Waals surface area contributed by atoms with Gasteiger partial charge in [-0.3, -0.25) is 14.4 Å². The third-order valence-corrected chi connectivity index (χ3v) is 2.24. The number of amides is 1. The Labute approximate surface area is 104 Å². The Morgan fingerprint density at radius 2 is 1.72 bits per heavy atom. The fourth-order valence-corrected chi connectivity index (χ4v) is 1.30. The van der Waals surface area contributed by atoms with Crippen LogP contribution in [0.5, 0.6) is 0 Å². The highest BCUT2D eigenvalue weighted by Gasteiger charge is 2.07. The normalized spacial score (nSPS) is 9.83. The molecular formula is C12H14N2O4. The summed E-state index contributed by atoms with van der Waals surface area (Å²) in [5, 5.41) is 11.0. The van der Waals surface area contributed by atoms with Gasteiger partial charge in [0, 0.05) is 17.7 Å². The predicted molar refractivity (Wildman–Crippen MR) is 65.3 cm³/mol. The van der Waals surface area contributed by atoms with Crippen molar-refractivity contribution in [2.24, 2.45) is 5.73 Å². The largest absolute Gasteiger partial charge is 0.481 e. The maximum Gasteiger partial charge on any atom is 0.303 e. The number of benzene rings is 1. The van der Waals surface area contributed by atoms with Crippen LogP contribution in [0.1, 0.15) is 23.2 Å². The van der Waals surface area contributed by atoms with Crippen LogP contribution < -0.4 is 11.1 Å². The van der Waals surface area contributed by atoms with Gasteiger partial charge in [0.15, 0.2) is 5.78 Å². The number of aliphatic carboxylic acids is 1. The van der Waals surface area contributed by atoms with Crippen LogP contribution in [0.4, 0.5) is 5.69 Å². The Hall–Kier alpha value is -2.21. The fraction of sp³-hybridized carbons (Fsp3) is 0.250. The zero-order valence-corrected chi connectivity index (χ0v) is 9.68. The van der Waals surface area contributed by atoms with E-state index in [9.17, 15) is 14.4 Å². The van der Waals surface area contributed by atoms with Gasteiger partial charge in [-0.2, -0.15) is 0 Å². The summed E-state index contributed by atoms with van der Waals surface area (Å²) in [6, 6.07) is 6.26. The maximum absolute atomic E-state index is 11.3. The van der Waals surface area contributed by atoms with Crippen molar-refractivity contribution in [2.75, 3.05) is 11.9 Å². The van der Waals surface area contributed by atoms with E-state index in [0.29, 0.717) is 11.3 Å². The smallest absolute Gasteiger partial charge is 0.303 e. The second kappa shape index (κ2) is 6.51. The Balaban J connectivity index is 2.55. The average Bonchev–Trinajstić information content (AvgIpc) is 2.36. The Morgan fingerprint density at radius 3 is 2.22 bits per heavy atom. The van der Waals surface area contributed by atoms with E-state index in [1.165, 1.54) is 0 Å². The van der Waals surface area contributed by atoms with Crippen LogP contribution in [0.3, 0.4) is 0 Å². The summed E-state index contributed by atoms with van der Waals surface area (Å²) in [5.41, 5.74) is 6.20. The second-order valence-corrected chi connectivity index (χ2v) is 3.65. The molecule has 0 radical (unpaired) electrons. The van der Waals surface area contributed by atoms with Gasteiger partial charge in [-0.1, -0.05) is 0 Å². The highest BCUT2D eigenvalue weighted by Crippen LogP contribution is 2.10. The highest BCUT2D eigenvalue weighted by molar-refractivity contribution is 5.98. The molecule has 0 fully saturated rings. The number of ketones is 1. The van der Waals surface area contributed by atoms with Crippen LogP contribution in [0.15, 0.2) is 24.3 Å². The van der Waals surface area contributed by atoms with E-state index < -0.39 is 5.97 Å². The molecule has 0 saturated heterocycles. The first-order valence-corrected chi connectivity index (χ1v) is 5.38. The van der Waals surface area contributed by atoms with Crippen molar-refractivity contribution in [3.63, 3.8) is 0 Å². The minimum absolute atomic E-state index is 0.0652. The minimum Gasteiger partial charge on any atom is -0.481 e. The van der Waals surface area contributed by atoms with Gasteiger partial charge in [-0.25, -0.2) is 0 Å². The molecule has 0 atom stereocenters. The summed E-state index contributed by atoms with van der Waals surface area (Å²) >= 11 is 0. The van der Waals surface area contributed by atoms with E-state index in [1.54, 1.807) is 24.3 Å². The molecule has 0 bridgehead atoms. The van der Waals surface area contributed by atoms with Gasteiger partial charge >= 0.3 is 5.97 Å². The Morgan fingerprint density at radius 1 is 1.11 bits per heavy atom. The lowest BCUT2D eigenvalue weighted by Crippen LogP contribution is -2.15. The van der Waals surface area contributed by atoms with E-state index in [4.69, 9.17) is 10.8 Å². The molecule has 0 spiro atoms. The number of hydrogen-bond acceptors (Lipinski definition) is 4. The van der Waals surface area contributed by atoms with Crippen LogP contribution in [0.2, 0.25) is 0 Å². The van der Waals surface area contributed by atoms with Gasteiger partial charge in [-0.05, 0) is 24.3 Å². The summed E-state index contributed by atoms with van der Waals surface area (Å²) in [6.45, 7) is -0.0652. The number of carbonyl (C=O) groups is 3. The molecule has 1 aromatic carbocycles. The lowest BCUT2D eigenvalue weighted by Gasteiger charge is -2.05. The number of rotatable bonds is 6. The lowest BCUT2D eigenvalue weighted by atomic mass is 10.1. The zero-order chi connectivity index (χ0) is 13.5. The summed E-state index contributed by atoms with van der Waals surface area (Å²) in [5.74, 6) is -1.58. The number of carbonyl (C=O) groups excluding carboxylic acids is 2. The van der Waals surface area contributed by atoms with Crippen molar-refractivity contribution < 1.29 is 19.5 Å². The maximum atomic E-state index is 11.3. The van der Waals surface area contributed by atoms with Gasteiger partial charge in [0.2, 0.25) is 5.91 Å². The van der Waals surface area contributed by atoms with Crippen LogP contribution in [-0.2, 0) is 9.59 Å². The SMILES string of the molecule is NCC(=O)c1ccc(NC(=O)CCC(=O)O)cc1. The number of nitrogens with one attached hydrogen (secondary N) is 1. The molecule has 1 aromatic rings. The van der Waals surface area contributed by atoms with Gasteiger partial charge in [0.25, 0.3) is 0 Å². The molecule has 0 aliphatic carbocycles. The van der Waals surface area contributed by atoms with Crippen LogP contribution in [0, 0.1) is 0 Å². The highest BCUT2D eigenvalue weighted by atomic mass is 16.4. The van der Waals surface area contributed by atoms with Gasteiger partial charge < -0.3 is 16.2 Å². The minimum atomic E-state index is -1.02. The number of nitrogens with two attached hydrogens (primary N) is 1. The number of Topliss-reactive ketones (excluding diaryl/α,β-unsaturated/α-hetero) is 1. The number of anilines is 1. The molecule has 1 amide bonds. The lowest BCUT2D eigenvalue weighted by molar-refractivity contribution is -0.138. The Bertz CT molecular complexity index is 454. The van der Waals surface area contributed by atoms with Crippen molar-refractivity contribution in [3.8, 4) is 0 Å². The van der Waals surface area contributed by atoms with E-state index in [-0.39, 0.29) is 31.1 Å². The second-order valence-electron chi connectivity index (χ2n) is 3.65. The molecule has 0 aromatic heterocycles. The molecule has 0 heterocycles. The van der Waals surface area contributed by atoms with Crippen molar-refractivity contribution in [2.45, 2.75) is 12.8 Å². The summed E-state index contributed by atoms with van der Waals surface area (Å²) < 4.78 is 0. The molecule has 96 valence electrons. The van der Waals surface area contributed by atoms with Crippen LogP contribution in [-0.4, -0.2) is 29.3 Å². The fourth-order valence-electron chi connectivity index (χ4n) is 1.30. The predicted octanol–water partition coefficient (Wildman–Crippen LogP) is 0.631. The monoisotopic (exact) mass is 250 g/mol.